The lowest BCUT2D eigenvalue weighted by Gasteiger charge is -2.10. The molecule has 0 saturated heterocycles. The molecule has 0 aliphatic carbocycles. The number of benzene rings is 1. The molecule has 23 heavy (non-hydrogen) atoms. The molecule has 0 radical (unpaired) electrons. The van der Waals surface area contributed by atoms with Crippen molar-refractivity contribution in [1.29, 1.82) is 0 Å². The van der Waals surface area contributed by atoms with Gasteiger partial charge in [0, 0.05) is 29.5 Å². The molecule has 0 spiro atoms. The van der Waals surface area contributed by atoms with Crippen LogP contribution in [0.15, 0.2) is 61.2 Å². The predicted molar refractivity (Wildman–Crippen MR) is 91.2 cm³/mol. The van der Waals surface area contributed by atoms with Gasteiger partial charge in [-0.2, -0.15) is 0 Å². The van der Waals surface area contributed by atoms with Crippen molar-refractivity contribution in [3.63, 3.8) is 0 Å². The Hall–Kier alpha value is -3.21. The van der Waals surface area contributed by atoms with Crippen LogP contribution >= 0.6 is 0 Å². The van der Waals surface area contributed by atoms with Crippen molar-refractivity contribution in [3.05, 3.63) is 66.7 Å². The molecule has 0 bridgehead atoms. The first kappa shape index (κ1) is 13.5. The van der Waals surface area contributed by atoms with Gasteiger partial charge in [0.15, 0.2) is 5.82 Å². The maximum Gasteiger partial charge on any atom is 0.165 e. The predicted octanol–water partition coefficient (Wildman–Crippen LogP) is 3.37. The Labute approximate surface area is 133 Å². The van der Waals surface area contributed by atoms with Crippen LogP contribution in [0.5, 0.6) is 0 Å². The third-order valence-corrected chi connectivity index (χ3v) is 3.73. The first-order valence-electron chi connectivity index (χ1n) is 7.33. The van der Waals surface area contributed by atoms with Gasteiger partial charge in [-0.1, -0.05) is 12.1 Å². The Morgan fingerprint density at radius 3 is 2.83 bits per heavy atom. The summed E-state index contributed by atoms with van der Waals surface area (Å²) in [5, 5.41) is 1.07. The van der Waals surface area contributed by atoms with Crippen molar-refractivity contribution in [2.45, 2.75) is 6.92 Å². The van der Waals surface area contributed by atoms with Gasteiger partial charge in [0.1, 0.15) is 11.5 Å². The summed E-state index contributed by atoms with van der Waals surface area (Å²) in [6, 6.07) is 12.1. The molecular weight excluding hydrogens is 286 g/mol. The number of nitrogen functional groups attached to an aromatic ring is 1. The molecule has 2 N–H and O–H groups in total. The molecule has 0 unspecified atom stereocenters. The summed E-state index contributed by atoms with van der Waals surface area (Å²) < 4.78 is 1.95. The summed E-state index contributed by atoms with van der Waals surface area (Å²) in [6.07, 6.45) is 7.35. The van der Waals surface area contributed by atoms with Crippen molar-refractivity contribution < 1.29 is 0 Å². The average Bonchev–Trinajstić information content (AvgIpc) is 3.01. The first-order chi connectivity index (χ1) is 11.2. The molecule has 3 aromatic heterocycles. The van der Waals surface area contributed by atoms with Gasteiger partial charge in [-0.25, -0.2) is 9.97 Å². The molecule has 4 rings (SSSR count). The Morgan fingerprint density at radius 1 is 1.09 bits per heavy atom. The number of anilines is 1. The standard InChI is InChI=1S/C18H15N5/c1-12-6-8-23(11-12)18-17(21-10-16(19)22-18)14-4-5-15-13(9-14)3-2-7-20-15/h2-11H,1H3,(H2,19,22). The fourth-order valence-electron chi connectivity index (χ4n) is 2.63. The van der Waals surface area contributed by atoms with Gasteiger partial charge in [0.25, 0.3) is 0 Å². The van der Waals surface area contributed by atoms with Gasteiger partial charge in [-0.15, -0.1) is 0 Å². The van der Waals surface area contributed by atoms with Gasteiger partial charge in [-0.3, -0.25) is 4.98 Å². The highest BCUT2D eigenvalue weighted by Crippen LogP contribution is 2.27. The summed E-state index contributed by atoms with van der Waals surface area (Å²) in [4.78, 5) is 13.3. The van der Waals surface area contributed by atoms with E-state index in [1.54, 1.807) is 12.4 Å². The third-order valence-electron chi connectivity index (χ3n) is 3.73. The number of fused-ring (bicyclic) bond motifs is 1. The van der Waals surface area contributed by atoms with Crippen molar-refractivity contribution in [1.82, 2.24) is 19.5 Å². The lowest BCUT2D eigenvalue weighted by Crippen LogP contribution is -2.03. The summed E-state index contributed by atoms with van der Waals surface area (Å²) >= 11 is 0. The smallest absolute Gasteiger partial charge is 0.165 e. The van der Waals surface area contributed by atoms with Crippen molar-refractivity contribution in [2.75, 3.05) is 5.73 Å². The molecule has 0 aliphatic heterocycles. The molecule has 0 fully saturated rings. The first-order valence-corrected chi connectivity index (χ1v) is 7.33. The van der Waals surface area contributed by atoms with E-state index in [1.807, 2.05) is 54.2 Å². The number of aryl methyl sites for hydroxylation is 1. The zero-order valence-corrected chi connectivity index (χ0v) is 12.6. The van der Waals surface area contributed by atoms with Gasteiger partial charge in [-0.05, 0) is 36.8 Å². The number of rotatable bonds is 2. The number of pyridine rings is 1. The van der Waals surface area contributed by atoms with E-state index in [-0.39, 0.29) is 0 Å². The van der Waals surface area contributed by atoms with Crippen molar-refractivity contribution >= 4 is 16.7 Å². The molecule has 3 heterocycles. The zero-order chi connectivity index (χ0) is 15.8. The number of nitrogens with two attached hydrogens (primary N) is 1. The Balaban J connectivity index is 1.93. The van der Waals surface area contributed by atoms with E-state index in [2.05, 4.69) is 21.0 Å². The van der Waals surface area contributed by atoms with Gasteiger partial charge >= 0.3 is 0 Å². The van der Waals surface area contributed by atoms with E-state index in [4.69, 9.17) is 5.73 Å². The summed E-state index contributed by atoms with van der Waals surface area (Å²) in [5.41, 5.74) is 9.73. The second-order valence-corrected chi connectivity index (χ2v) is 5.47. The van der Waals surface area contributed by atoms with Crippen LogP contribution in [-0.2, 0) is 0 Å². The lowest BCUT2D eigenvalue weighted by molar-refractivity contribution is 0.990. The van der Waals surface area contributed by atoms with E-state index in [0.29, 0.717) is 5.82 Å². The highest BCUT2D eigenvalue weighted by molar-refractivity contribution is 5.84. The largest absolute Gasteiger partial charge is 0.382 e. The van der Waals surface area contributed by atoms with E-state index < -0.39 is 0 Å². The topological polar surface area (TPSA) is 69.6 Å². The normalized spacial score (nSPS) is 11.0. The molecule has 5 heteroatoms. The molecule has 1 aromatic carbocycles. The Kier molecular flexibility index (Phi) is 3.05. The highest BCUT2D eigenvalue weighted by Gasteiger charge is 2.12. The van der Waals surface area contributed by atoms with Gasteiger partial charge in [0.05, 0.1) is 11.7 Å². The van der Waals surface area contributed by atoms with Crippen LogP contribution in [0.2, 0.25) is 0 Å². The van der Waals surface area contributed by atoms with Crippen molar-refractivity contribution in [2.24, 2.45) is 0 Å². The highest BCUT2D eigenvalue weighted by atomic mass is 15.1. The summed E-state index contributed by atoms with van der Waals surface area (Å²) in [5.74, 6) is 1.12. The molecule has 4 aromatic rings. The van der Waals surface area contributed by atoms with E-state index in [1.165, 1.54) is 0 Å². The fourth-order valence-corrected chi connectivity index (χ4v) is 2.63. The second-order valence-electron chi connectivity index (χ2n) is 5.47. The second kappa shape index (κ2) is 5.21. The van der Waals surface area contributed by atoms with Crippen LogP contribution < -0.4 is 5.73 Å². The van der Waals surface area contributed by atoms with E-state index in [9.17, 15) is 0 Å². The molecule has 0 amide bonds. The van der Waals surface area contributed by atoms with Crippen LogP contribution in [0.4, 0.5) is 5.82 Å². The number of nitrogens with zero attached hydrogens (tertiary/aromatic N) is 4. The minimum absolute atomic E-state index is 0.401. The van der Waals surface area contributed by atoms with E-state index >= 15 is 0 Å². The number of aromatic nitrogens is 4. The Morgan fingerprint density at radius 2 is 2.00 bits per heavy atom. The third kappa shape index (κ3) is 2.42. The van der Waals surface area contributed by atoms with Crippen LogP contribution in [0.25, 0.3) is 28.0 Å². The number of hydrogen-bond donors (Lipinski definition) is 1. The maximum atomic E-state index is 5.84. The van der Waals surface area contributed by atoms with Crippen LogP contribution in [0, 0.1) is 6.92 Å². The molecule has 0 atom stereocenters. The molecule has 0 aliphatic rings. The molecule has 0 saturated carbocycles. The molecule has 112 valence electrons. The minimum Gasteiger partial charge on any atom is -0.382 e. The molecular formula is C18H15N5. The monoisotopic (exact) mass is 301 g/mol. The SMILES string of the molecule is Cc1ccn(-c2nc(N)cnc2-c2ccc3ncccc3c2)c1. The van der Waals surface area contributed by atoms with E-state index in [0.717, 1.165) is 33.5 Å². The zero-order valence-electron chi connectivity index (χ0n) is 12.6. The molecule has 5 nitrogen and oxygen atoms in total. The van der Waals surface area contributed by atoms with Gasteiger partial charge in [0.2, 0.25) is 0 Å². The number of hydrogen-bond acceptors (Lipinski definition) is 4. The van der Waals surface area contributed by atoms with Gasteiger partial charge < -0.3 is 10.3 Å². The summed E-state index contributed by atoms with van der Waals surface area (Å²) in [7, 11) is 0. The van der Waals surface area contributed by atoms with Crippen LogP contribution in [-0.4, -0.2) is 19.5 Å². The van der Waals surface area contributed by atoms with Crippen LogP contribution in [0.1, 0.15) is 5.56 Å². The maximum absolute atomic E-state index is 5.84. The fraction of sp³-hybridized carbons (Fsp3) is 0.0556. The quantitative estimate of drug-likeness (QED) is 0.616. The Bertz CT molecular complexity index is 1000. The summed E-state index contributed by atoms with van der Waals surface area (Å²) in [6.45, 7) is 2.04. The van der Waals surface area contributed by atoms with Crippen LogP contribution in [0.3, 0.4) is 0 Å². The lowest BCUT2D eigenvalue weighted by atomic mass is 10.1. The average molecular weight is 301 g/mol. The van der Waals surface area contributed by atoms with Crippen molar-refractivity contribution in [3.8, 4) is 17.1 Å². The minimum atomic E-state index is 0.401.